The van der Waals surface area contributed by atoms with E-state index in [9.17, 15) is 4.79 Å². The van der Waals surface area contributed by atoms with Crippen molar-refractivity contribution in [1.82, 2.24) is 20.0 Å². The summed E-state index contributed by atoms with van der Waals surface area (Å²) < 4.78 is 5.42. The lowest BCUT2D eigenvalue weighted by Gasteiger charge is -2.31. The monoisotopic (exact) mass is 386 g/mol. The molecule has 0 saturated carbocycles. The molecule has 0 radical (unpaired) electrons. The average Bonchev–Trinajstić information content (AvgIpc) is 3.22. The Kier molecular flexibility index (Phi) is 6.49. The number of hydrogen-bond donors (Lipinski definition) is 0. The molecule has 8 heteroatoms. The molecule has 1 aliphatic heterocycles. The van der Waals surface area contributed by atoms with Gasteiger partial charge in [-0.1, -0.05) is 6.92 Å². The van der Waals surface area contributed by atoms with E-state index in [0.29, 0.717) is 23.9 Å². The van der Waals surface area contributed by atoms with Crippen LogP contribution in [0.15, 0.2) is 22.9 Å². The van der Waals surface area contributed by atoms with Crippen molar-refractivity contribution in [2.45, 2.75) is 39.0 Å². The molecular formula is C20H30N6O2. The van der Waals surface area contributed by atoms with Gasteiger partial charge in [-0.25, -0.2) is 4.98 Å². The molecule has 0 aliphatic carbocycles. The zero-order valence-corrected chi connectivity index (χ0v) is 17.3. The molecule has 2 aromatic heterocycles. The van der Waals surface area contributed by atoms with Crippen molar-refractivity contribution in [2.75, 3.05) is 50.1 Å². The number of carbonyl (C=O) groups excluding carboxylic acids is 1. The number of pyridine rings is 1. The lowest BCUT2D eigenvalue weighted by molar-refractivity contribution is 0.0695. The van der Waals surface area contributed by atoms with Crippen LogP contribution in [0.2, 0.25) is 0 Å². The maximum Gasteiger partial charge on any atom is 0.265 e. The van der Waals surface area contributed by atoms with E-state index in [1.54, 1.807) is 6.20 Å². The number of rotatable bonds is 7. The van der Waals surface area contributed by atoms with Gasteiger partial charge in [-0.2, -0.15) is 4.98 Å². The topological polar surface area (TPSA) is 78.6 Å². The van der Waals surface area contributed by atoms with E-state index in [4.69, 9.17) is 4.52 Å². The zero-order valence-electron chi connectivity index (χ0n) is 17.3. The Bertz CT molecular complexity index is 773. The summed E-state index contributed by atoms with van der Waals surface area (Å²) >= 11 is 0. The molecule has 1 saturated heterocycles. The molecule has 1 aliphatic rings. The Balaban J connectivity index is 1.67. The highest BCUT2D eigenvalue weighted by atomic mass is 16.5. The van der Waals surface area contributed by atoms with Gasteiger partial charge < -0.3 is 19.2 Å². The van der Waals surface area contributed by atoms with Crippen molar-refractivity contribution in [3.63, 3.8) is 0 Å². The van der Waals surface area contributed by atoms with Gasteiger partial charge in [0.05, 0.1) is 11.5 Å². The van der Waals surface area contributed by atoms with Crippen LogP contribution in [0.25, 0.3) is 0 Å². The largest absolute Gasteiger partial charge is 0.357 e. The SMILES string of the molecule is CCCN(CC)c1ccc(C(=O)N2CCCC(c3nc(N(C)C)no3)C2)cn1. The van der Waals surface area contributed by atoms with Crippen molar-refractivity contribution < 1.29 is 9.32 Å². The van der Waals surface area contributed by atoms with Crippen LogP contribution in [-0.2, 0) is 0 Å². The fraction of sp³-hybridized carbons (Fsp3) is 0.600. The summed E-state index contributed by atoms with van der Waals surface area (Å²) in [6.07, 6.45) is 4.62. The molecule has 152 valence electrons. The van der Waals surface area contributed by atoms with Gasteiger partial charge in [0.2, 0.25) is 5.89 Å². The number of piperidine rings is 1. The first kappa shape index (κ1) is 20.1. The molecule has 0 N–H and O–H groups in total. The lowest BCUT2D eigenvalue weighted by Crippen LogP contribution is -2.39. The third-order valence-electron chi connectivity index (χ3n) is 5.08. The van der Waals surface area contributed by atoms with Crippen LogP contribution >= 0.6 is 0 Å². The van der Waals surface area contributed by atoms with Crippen molar-refractivity contribution in [3.8, 4) is 0 Å². The lowest BCUT2D eigenvalue weighted by atomic mass is 9.97. The fourth-order valence-electron chi connectivity index (χ4n) is 3.52. The second-order valence-corrected chi connectivity index (χ2v) is 7.40. The standard InChI is InChI=1S/C20H30N6O2/c1-5-11-25(6-2)17-10-9-15(13-21-17)19(27)26-12-7-8-16(14-26)18-22-20(23-28-18)24(3)4/h9-10,13,16H,5-8,11-12,14H2,1-4H3. The molecule has 2 aromatic rings. The van der Waals surface area contributed by atoms with Gasteiger partial charge in [-0.3, -0.25) is 4.79 Å². The molecule has 1 fully saturated rings. The Morgan fingerprint density at radius 2 is 2.14 bits per heavy atom. The fourth-order valence-corrected chi connectivity index (χ4v) is 3.52. The highest BCUT2D eigenvalue weighted by molar-refractivity contribution is 5.94. The minimum absolute atomic E-state index is 0.00892. The number of aromatic nitrogens is 3. The summed E-state index contributed by atoms with van der Waals surface area (Å²) in [5.41, 5.74) is 0.622. The van der Waals surface area contributed by atoms with E-state index in [1.807, 2.05) is 36.0 Å². The average molecular weight is 387 g/mol. The first-order valence-electron chi connectivity index (χ1n) is 10.0. The van der Waals surface area contributed by atoms with E-state index in [-0.39, 0.29) is 11.8 Å². The Morgan fingerprint density at radius 1 is 1.32 bits per heavy atom. The predicted octanol–water partition coefficient (Wildman–Crippen LogP) is 2.79. The third kappa shape index (κ3) is 4.43. The van der Waals surface area contributed by atoms with Crippen molar-refractivity contribution >= 4 is 17.7 Å². The van der Waals surface area contributed by atoms with Crippen LogP contribution in [0.1, 0.15) is 55.3 Å². The van der Waals surface area contributed by atoms with E-state index in [2.05, 4.69) is 33.9 Å². The summed E-state index contributed by atoms with van der Waals surface area (Å²) in [6.45, 7) is 7.46. The number of hydrogen-bond acceptors (Lipinski definition) is 7. The summed E-state index contributed by atoms with van der Waals surface area (Å²) in [5.74, 6) is 2.17. The first-order valence-corrected chi connectivity index (χ1v) is 10.0. The summed E-state index contributed by atoms with van der Waals surface area (Å²) in [6, 6.07) is 3.82. The van der Waals surface area contributed by atoms with Crippen LogP contribution in [0, 0.1) is 0 Å². The van der Waals surface area contributed by atoms with Gasteiger partial charge >= 0.3 is 0 Å². The maximum absolute atomic E-state index is 13.0. The van der Waals surface area contributed by atoms with Crippen molar-refractivity contribution in [2.24, 2.45) is 0 Å². The second-order valence-electron chi connectivity index (χ2n) is 7.40. The molecule has 1 unspecified atom stereocenters. The molecule has 1 amide bonds. The van der Waals surface area contributed by atoms with Gasteiger partial charge in [0, 0.05) is 46.5 Å². The van der Waals surface area contributed by atoms with Crippen LogP contribution in [0.5, 0.6) is 0 Å². The molecule has 1 atom stereocenters. The van der Waals surface area contributed by atoms with E-state index >= 15 is 0 Å². The van der Waals surface area contributed by atoms with Gasteiger partial charge in [0.25, 0.3) is 11.9 Å². The quantitative estimate of drug-likeness (QED) is 0.724. The minimum atomic E-state index is 0.00892. The molecule has 0 aromatic carbocycles. The summed E-state index contributed by atoms with van der Waals surface area (Å²) in [7, 11) is 3.75. The van der Waals surface area contributed by atoms with Crippen LogP contribution in [-0.4, -0.2) is 66.2 Å². The molecular weight excluding hydrogens is 356 g/mol. The smallest absolute Gasteiger partial charge is 0.265 e. The summed E-state index contributed by atoms with van der Waals surface area (Å²) in [5, 5.41) is 3.99. The van der Waals surface area contributed by atoms with Crippen molar-refractivity contribution in [3.05, 3.63) is 29.8 Å². The van der Waals surface area contributed by atoms with E-state index < -0.39 is 0 Å². The maximum atomic E-state index is 13.0. The molecule has 0 bridgehead atoms. The second kappa shape index (κ2) is 9.03. The summed E-state index contributed by atoms with van der Waals surface area (Å²) in [4.78, 5) is 27.8. The Labute approximate surface area is 166 Å². The van der Waals surface area contributed by atoms with Gasteiger partial charge in [-0.15, -0.1) is 0 Å². The zero-order chi connectivity index (χ0) is 20.1. The minimum Gasteiger partial charge on any atom is -0.357 e. The number of likely N-dealkylation sites (tertiary alicyclic amines) is 1. The van der Waals surface area contributed by atoms with Crippen LogP contribution in [0.3, 0.4) is 0 Å². The Morgan fingerprint density at radius 3 is 2.75 bits per heavy atom. The third-order valence-corrected chi connectivity index (χ3v) is 5.08. The number of amides is 1. The number of carbonyl (C=O) groups is 1. The van der Waals surface area contributed by atoms with Crippen LogP contribution in [0.4, 0.5) is 11.8 Å². The van der Waals surface area contributed by atoms with Gasteiger partial charge in [0.15, 0.2) is 0 Å². The first-order chi connectivity index (χ1) is 13.5. The predicted molar refractivity (Wildman–Crippen MR) is 109 cm³/mol. The van der Waals surface area contributed by atoms with Crippen LogP contribution < -0.4 is 9.80 Å². The number of nitrogens with zero attached hydrogens (tertiary/aromatic N) is 6. The highest BCUT2D eigenvalue weighted by Crippen LogP contribution is 2.27. The van der Waals surface area contributed by atoms with E-state index in [1.165, 1.54) is 0 Å². The van der Waals surface area contributed by atoms with E-state index in [0.717, 1.165) is 44.7 Å². The molecule has 0 spiro atoms. The number of anilines is 2. The molecule has 8 nitrogen and oxygen atoms in total. The highest BCUT2D eigenvalue weighted by Gasteiger charge is 2.29. The van der Waals surface area contributed by atoms with Crippen molar-refractivity contribution in [1.29, 1.82) is 0 Å². The molecule has 3 heterocycles. The normalized spacial score (nSPS) is 16.9. The Hall–Kier alpha value is -2.64. The molecule has 3 rings (SSSR count). The van der Waals surface area contributed by atoms with Gasteiger partial charge in [-0.05, 0) is 43.5 Å². The van der Waals surface area contributed by atoms with Gasteiger partial charge in [0.1, 0.15) is 5.82 Å². The molecule has 28 heavy (non-hydrogen) atoms.